The molecule has 0 spiro atoms. The van der Waals surface area contributed by atoms with Crippen LogP contribution in [0.25, 0.3) is 0 Å². The topological polar surface area (TPSA) is 81.5 Å². The van der Waals surface area contributed by atoms with Crippen molar-refractivity contribution >= 4 is 27.3 Å². The smallest absolute Gasteiger partial charge is 0.243 e. The zero-order valence-electron chi connectivity index (χ0n) is 14.3. The first kappa shape index (κ1) is 18.6. The van der Waals surface area contributed by atoms with Gasteiger partial charge in [0.15, 0.2) is 0 Å². The maximum Gasteiger partial charge on any atom is 0.243 e. The maximum atomic E-state index is 12.7. The van der Waals surface area contributed by atoms with Crippen molar-refractivity contribution < 1.29 is 13.2 Å². The molecule has 0 radical (unpaired) electrons. The van der Waals surface area contributed by atoms with Crippen molar-refractivity contribution in [2.45, 2.75) is 23.8 Å². The fraction of sp³-hybridized carbons (Fsp3) is 0.333. The van der Waals surface area contributed by atoms with Gasteiger partial charge in [-0.3, -0.25) is 4.79 Å². The zero-order chi connectivity index (χ0) is 18.7. The molecule has 0 N–H and O–H groups in total. The largest absolute Gasteiger partial charge is 0.334 e. The number of thiophene rings is 1. The Labute approximate surface area is 157 Å². The van der Waals surface area contributed by atoms with E-state index in [1.54, 1.807) is 16.2 Å². The van der Waals surface area contributed by atoms with Crippen LogP contribution in [-0.2, 0) is 14.8 Å². The molecule has 0 saturated carbocycles. The molecular weight excluding hydrogens is 370 g/mol. The summed E-state index contributed by atoms with van der Waals surface area (Å²) in [5.74, 6) is -0.196. The lowest BCUT2D eigenvalue weighted by molar-refractivity contribution is -0.132. The van der Waals surface area contributed by atoms with Crippen LogP contribution >= 0.6 is 11.3 Å². The minimum Gasteiger partial charge on any atom is -0.334 e. The standard InChI is InChI=1S/C18H19N3O3S2/c1-20(26(23,24)16-6-4-14(11-19)5-7-16)12-18(22)21-9-2-3-17(21)15-8-10-25-13-15/h4-8,10,13,17H,2-3,9,12H2,1H3. The first-order valence-electron chi connectivity index (χ1n) is 8.21. The number of rotatable bonds is 5. The third-order valence-electron chi connectivity index (χ3n) is 4.55. The Morgan fingerprint density at radius 3 is 2.69 bits per heavy atom. The summed E-state index contributed by atoms with van der Waals surface area (Å²) in [6.07, 6.45) is 1.81. The highest BCUT2D eigenvalue weighted by Gasteiger charge is 2.32. The van der Waals surface area contributed by atoms with Gasteiger partial charge in [0.1, 0.15) is 0 Å². The number of carbonyl (C=O) groups excluding carboxylic acids is 1. The molecule has 8 heteroatoms. The molecule has 1 fully saturated rings. The van der Waals surface area contributed by atoms with Gasteiger partial charge < -0.3 is 4.90 Å². The summed E-state index contributed by atoms with van der Waals surface area (Å²) in [4.78, 5) is 14.6. The van der Waals surface area contributed by atoms with Crippen molar-refractivity contribution in [1.82, 2.24) is 9.21 Å². The van der Waals surface area contributed by atoms with Gasteiger partial charge in [0.2, 0.25) is 15.9 Å². The normalized spacial score (nSPS) is 17.4. The van der Waals surface area contributed by atoms with Crippen molar-refractivity contribution in [2.75, 3.05) is 20.1 Å². The summed E-state index contributed by atoms with van der Waals surface area (Å²) >= 11 is 1.59. The number of carbonyl (C=O) groups is 1. The molecule has 1 aromatic carbocycles. The lowest BCUT2D eigenvalue weighted by Gasteiger charge is -2.26. The molecule has 2 heterocycles. The molecule has 26 heavy (non-hydrogen) atoms. The Kier molecular flexibility index (Phi) is 5.41. The van der Waals surface area contributed by atoms with Crippen LogP contribution in [0.2, 0.25) is 0 Å². The highest BCUT2D eigenvalue weighted by molar-refractivity contribution is 7.89. The monoisotopic (exact) mass is 389 g/mol. The van der Waals surface area contributed by atoms with Gasteiger partial charge in [0, 0.05) is 13.6 Å². The molecule has 6 nitrogen and oxygen atoms in total. The molecule has 1 aliphatic rings. The second kappa shape index (κ2) is 7.58. The second-order valence-electron chi connectivity index (χ2n) is 6.20. The lowest BCUT2D eigenvalue weighted by atomic mass is 10.1. The van der Waals surface area contributed by atoms with Gasteiger partial charge in [-0.25, -0.2) is 8.42 Å². The molecule has 3 rings (SSSR count). The van der Waals surface area contributed by atoms with E-state index >= 15 is 0 Å². The number of hydrogen-bond donors (Lipinski definition) is 0. The molecule has 2 aromatic rings. The van der Waals surface area contributed by atoms with Crippen molar-refractivity contribution in [1.29, 1.82) is 5.26 Å². The molecule has 0 aliphatic carbocycles. The summed E-state index contributed by atoms with van der Waals surface area (Å²) in [5.41, 5.74) is 1.50. The third-order valence-corrected chi connectivity index (χ3v) is 7.07. The first-order valence-corrected chi connectivity index (χ1v) is 10.6. The van der Waals surface area contributed by atoms with Gasteiger partial charge >= 0.3 is 0 Å². The number of hydrogen-bond acceptors (Lipinski definition) is 5. The van der Waals surface area contributed by atoms with Gasteiger partial charge in [-0.05, 0) is 59.5 Å². The third kappa shape index (κ3) is 3.65. The summed E-state index contributed by atoms with van der Waals surface area (Å²) in [5, 5.41) is 12.8. The van der Waals surface area contributed by atoms with Crippen LogP contribution in [0, 0.1) is 11.3 Å². The number of sulfonamides is 1. The SMILES string of the molecule is CN(CC(=O)N1CCCC1c1ccsc1)S(=O)(=O)c1ccc(C#N)cc1. The Bertz CT molecular complexity index is 916. The van der Waals surface area contributed by atoms with Crippen molar-refractivity contribution in [3.05, 3.63) is 52.2 Å². The van der Waals surface area contributed by atoms with Crippen LogP contribution in [0.5, 0.6) is 0 Å². The van der Waals surface area contributed by atoms with Crippen LogP contribution in [0.3, 0.4) is 0 Å². The number of amides is 1. The van der Waals surface area contributed by atoms with E-state index < -0.39 is 10.0 Å². The van der Waals surface area contributed by atoms with Crippen molar-refractivity contribution in [3.8, 4) is 6.07 Å². The lowest BCUT2D eigenvalue weighted by Crippen LogP contribution is -2.40. The molecule has 1 unspecified atom stereocenters. The van der Waals surface area contributed by atoms with E-state index in [9.17, 15) is 13.2 Å². The van der Waals surface area contributed by atoms with E-state index in [4.69, 9.17) is 5.26 Å². The number of nitrogens with zero attached hydrogens (tertiary/aromatic N) is 3. The Morgan fingerprint density at radius 2 is 2.08 bits per heavy atom. The van der Waals surface area contributed by atoms with E-state index in [0.717, 1.165) is 22.7 Å². The number of nitriles is 1. The van der Waals surface area contributed by atoms with Gasteiger partial charge in [-0.1, -0.05) is 0 Å². The summed E-state index contributed by atoms with van der Waals surface area (Å²) < 4.78 is 26.4. The maximum absolute atomic E-state index is 12.7. The Morgan fingerprint density at radius 1 is 1.35 bits per heavy atom. The van der Waals surface area contributed by atoms with E-state index in [1.807, 2.05) is 22.9 Å². The predicted octanol–water partition coefficient (Wildman–Crippen LogP) is 2.60. The predicted molar refractivity (Wildman–Crippen MR) is 99.0 cm³/mol. The second-order valence-corrected chi connectivity index (χ2v) is 9.02. The van der Waals surface area contributed by atoms with Crippen molar-refractivity contribution in [2.24, 2.45) is 0 Å². The average molecular weight is 390 g/mol. The van der Waals surface area contributed by atoms with E-state index in [0.29, 0.717) is 12.1 Å². The Hall–Kier alpha value is -2.21. The van der Waals surface area contributed by atoms with Gasteiger partial charge in [0.05, 0.1) is 29.1 Å². The molecule has 1 aromatic heterocycles. The van der Waals surface area contributed by atoms with Crippen molar-refractivity contribution in [3.63, 3.8) is 0 Å². The molecule has 1 saturated heterocycles. The minimum atomic E-state index is -3.78. The number of likely N-dealkylation sites (tertiary alicyclic amines) is 1. The average Bonchev–Trinajstić information content (AvgIpc) is 3.32. The molecule has 1 amide bonds. The van der Waals surface area contributed by atoms with Crippen LogP contribution in [-0.4, -0.2) is 43.7 Å². The highest BCUT2D eigenvalue weighted by atomic mass is 32.2. The summed E-state index contributed by atoms with van der Waals surface area (Å²) in [6, 6.07) is 9.68. The molecule has 1 aliphatic heterocycles. The fourth-order valence-electron chi connectivity index (χ4n) is 3.12. The number of benzene rings is 1. The first-order chi connectivity index (χ1) is 12.4. The summed E-state index contributed by atoms with van der Waals surface area (Å²) in [6.45, 7) is 0.438. The molecular formula is C18H19N3O3S2. The van der Waals surface area contributed by atoms with Gasteiger partial charge in [-0.15, -0.1) is 0 Å². The zero-order valence-corrected chi connectivity index (χ0v) is 16.0. The van der Waals surface area contributed by atoms with Crippen LogP contribution in [0.1, 0.15) is 30.0 Å². The van der Waals surface area contributed by atoms with E-state index in [2.05, 4.69) is 0 Å². The number of likely N-dealkylation sites (N-methyl/N-ethyl adjacent to an activating group) is 1. The van der Waals surface area contributed by atoms with Crippen LogP contribution < -0.4 is 0 Å². The molecule has 136 valence electrons. The Balaban J connectivity index is 1.72. The fourth-order valence-corrected chi connectivity index (χ4v) is 4.95. The van der Waals surface area contributed by atoms with Crippen LogP contribution in [0.15, 0.2) is 46.0 Å². The molecule has 1 atom stereocenters. The summed E-state index contributed by atoms with van der Waals surface area (Å²) in [7, 11) is -2.38. The van der Waals surface area contributed by atoms with E-state index in [1.165, 1.54) is 31.3 Å². The van der Waals surface area contributed by atoms with Crippen LogP contribution in [0.4, 0.5) is 0 Å². The van der Waals surface area contributed by atoms with E-state index in [-0.39, 0.29) is 23.4 Å². The highest BCUT2D eigenvalue weighted by Crippen LogP contribution is 2.33. The van der Waals surface area contributed by atoms with Gasteiger partial charge in [-0.2, -0.15) is 20.9 Å². The van der Waals surface area contributed by atoms with Gasteiger partial charge in [0.25, 0.3) is 0 Å². The molecule has 0 bridgehead atoms. The quantitative estimate of drug-likeness (QED) is 0.787. The minimum absolute atomic E-state index is 0.0276.